The van der Waals surface area contributed by atoms with Gasteiger partial charge in [0.25, 0.3) is 0 Å². The Bertz CT molecular complexity index is 407. The van der Waals surface area contributed by atoms with E-state index in [1.165, 1.54) is 0 Å². The average Bonchev–Trinajstić information content (AvgIpc) is 2.24. The number of nitrogens with one attached hydrogen (secondary N) is 1. The van der Waals surface area contributed by atoms with Crippen LogP contribution >= 0.6 is 31.9 Å². The number of nitrogens with two attached hydrogens (primary N) is 1. The quantitative estimate of drug-likeness (QED) is 0.861. The minimum atomic E-state index is -0.166. The second-order valence-electron chi connectivity index (χ2n) is 4.20. The Balaban J connectivity index is 2.83. The van der Waals surface area contributed by atoms with Gasteiger partial charge >= 0.3 is 0 Å². The SMILES string of the molecule is CC(C)C(CN)C(=O)Nc1cc(Br)ccc1Br. The van der Waals surface area contributed by atoms with Crippen molar-refractivity contribution in [2.45, 2.75) is 13.8 Å². The first-order chi connectivity index (χ1) is 7.95. The molecule has 0 aliphatic carbocycles. The third-order valence-electron chi connectivity index (χ3n) is 2.58. The van der Waals surface area contributed by atoms with E-state index < -0.39 is 0 Å². The van der Waals surface area contributed by atoms with Crippen LogP contribution in [-0.2, 0) is 4.79 Å². The van der Waals surface area contributed by atoms with Crippen LogP contribution < -0.4 is 11.1 Å². The van der Waals surface area contributed by atoms with Crippen LogP contribution in [0.2, 0.25) is 0 Å². The molecule has 1 aromatic rings. The van der Waals surface area contributed by atoms with Crippen LogP contribution in [0.3, 0.4) is 0 Å². The van der Waals surface area contributed by atoms with Gasteiger partial charge in [0, 0.05) is 15.5 Å². The molecule has 5 heteroatoms. The highest BCUT2D eigenvalue weighted by atomic mass is 79.9. The molecule has 3 N–H and O–H groups in total. The molecule has 3 nitrogen and oxygen atoms in total. The first-order valence-corrected chi connectivity index (χ1v) is 7.00. The highest BCUT2D eigenvalue weighted by molar-refractivity contribution is 9.11. The molecular formula is C12H16Br2N2O. The van der Waals surface area contributed by atoms with Crippen molar-refractivity contribution in [1.82, 2.24) is 0 Å². The standard InChI is InChI=1S/C12H16Br2N2O/c1-7(2)9(6-15)12(17)16-11-5-8(13)3-4-10(11)14/h3-5,7,9H,6,15H2,1-2H3,(H,16,17). The summed E-state index contributed by atoms with van der Waals surface area (Å²) < 4.78 is 1.78. The summed E-state index contributed by atoms with van der Waals surface area (Å²) in [5.74, 6) is 0.0214. The van der Waals surface area contributed by atoms with E-state index in [1.54, 1.807) is 0 Å². The number of hydrogen-bond donors (Lipinski definition) is 2. The van der Waals surface area contributed by atoms with E-state index in [-0.39, 0.29) is 17.7 Å². The summed E-state index contributed by atoms with van der Waals surface area (Å²) in [6, 6.07) is 5.64. The lowest BCUT2D eigenvalue weighted by Crippen LogP contribution is -2.33. The van der Waals surface area contributed by atoms with Crippen molar-refractivity contribution in [2.24, 2.45) is 17.6 Å². The Labute approximate surface area is 118 Å². The Morgan fingerprint density at radius 3 is 2.59 bits per heavy atom. The van der Waals surface area contributed by atoms with Gasteiger partial charge in [0.05, 0.1) is 11.6 Å². The van der Waals surface area contributed by atoms with E-state index in [9.17, 15) is 4.79 Å². The fourth-order valence-corrected chi connectivity index (χ4v) is 2.21. The average molecular weight is 364 g/mol. The summed E-state index contributed by atoms with van der Waals surface area (Å²) in [5, 5.41) is 2.89. The molecule has 1 rings (SSSR count). The second kappa shape index (κ2) is 6.52. The van der Waals surface area contributed by atoms with E-state index in [0.717, 1.165) is 14.6 Å². The molecule has 1 unspecified atom stereocenters. The van der Waals surface area contributed by atoms with Gasteiger partial charge in [-0.3, -0.25) is 4.79 Å². The summed E-state index contributed by atoms with van der Waals surface area (Å²) >= 11 is 6.77. The maximum atomic E-state index is 12.0. The van der Waals surface area contributed by atoms with Crippen LogP contribution in [0.1, 0.15) is 13.8 Å². The summed E-state index contributed by atoms with van der Waals surface area (Å²) in [5.41, 5.74) is 6.37. The monoisotopic (exact) mass is 362 g/mol. The molecule has 0 heterocycles. The molecular weight excluding hydrogens is 348 g/mol. The van der Waals surface area contributed by atoms with Crippen molar-refractivity contribution in [1.29, 1.82) is 0 Å². The smallest absolute Gasteiger partial charge is 0.229 e. The van der Waals surface area contributed by atoms with Crippen molar-refractivity contribution in [3.63, 3.8) is 0 Å². The molecule has 17 heavy (non-hydrogen) atoms. The van der Waals surface area contributed by atoms with E-state index in [0.29, 0.717) is 6.54 Å². The normalized spacial score (nSPS) is 12.6. The number of benzene rings is 1. The zero-order valence-corrected chi connectivity index (χ0v) is 13.0. The molecule has 0 aromatic heterocycles. The van der Waals surface area contributed by atoms with E-state index in [1.807, 2.05) is 32.0 Å². The maximum absolute atomic E-state index is 12.0. The van der Waals surface area contributed by atoms with Crippen molar-refractivity contribution < 1.29 is 4.79 Å². The summed E-state index contributed by atoms with van der Waals surface area (Å²) in [6.07, 6.45) is 0. The number of rotatable bonds is 4. The topological polar surface area (TPSA) is 55.1 Å². The summed E-state index contributed by atoms with van der Waals surface area (Å²) in [6.45, 7) is 4.34. The summed E-state index contributed by atoms with van der Waals surface area (Å²) in [7, 11) is 0. The van der Waals surface area contributed by atoms with Crippen molar-refractivity contribution >= 4 is 43.5 Å². The first kappa shape index (κ1) is 14.7. The molecule has 0 spiro atoms. The minimum absolute atomic E-state index is 0.0405. The molecule has 0 saturated carbocycles. The molecule has 1 aromatic carbocycles. The van der Waals surface area contributed by atoms with Crippen molar-refractivity contribution in [3.05, 3.63) is 27.1 Å². The molecule has 0 aliphatic rings. The predicted octanol–water partition coefficient (Wildman–Crippen LogP) is 3.38. The number of carbonyl (C=O) groups excluding carboxylic acids is 1. The Morgan fingerprint density at radius 1 is 1.41 bits per heavy atom. The van der Waals surface area contributed by atoms with Gasteiger partial charge in [0.2, 0.25) is 5.91 Å². The Hall–Kier alpha value is -0.390. The molecule has 1 amide bonds. The van der Waals surface area contributed by atoms with Gasteiger partial charge in [-0.15, -0.1) is 0 Å². The number of amides is 1. The Kier molecular flexibility index (Phi) is 5.62. The first-order valence-electron chi connectivity index (χ1n) is 5.41. The lowest BCUT2D eigenvalue weighted by molar-refractivity contribution is -0.120. The largest absolute Gasteiger partial charge is 0.330 e. The maximum Gasteiger partial charge on any atom is 0.229 e. The van der Waals surface area contributed by atoms with Crippen molar-refractivity contribution in [3.8, 4) is 0 Å². The molecule has 0 fully saturated rings. The molecule has 0 saturated heterocycles. The lowest BCUT2D eigenvalue weighted by Gasteiger charge is -2.18. The molecule has 0 radical (unpaired) electrons. The van der Waals surface area contributed by atoms with E-state index in [2.05, 4.69) is 37.2 Å². The fraction of sp³-hybridized carbons (Fsp3) is 0.417. The second-order valence-corrected chi connectivity index (χ2v) is 5.97. The van der Waals surface area contributed by atoms with Crippen LogP contribution in [0.15, 0.2) is 27.1 Å². The van der Waals surface area contributed by atoms with Gasteiger partial charge in [-0.1, -0.05) is 29.8 Å². The van der Waals surface area contributed by atoms with E-state index >= 15 is 0 Å². The fourth-order valence-electron chi connectivity index (χ4n) is 1.50. The van der Waals surface area contributed by atoms with Gasteiger partial charge in [-0.2, -0.15) is 0 Å². The zero-order chi connectivity index (χ0) is 13.0. The predicted molar refractivity (Wildman–Crippen MR) is 77.9 cm³/mol. The molecule has 1 atom stereocenters. The number of hydrogen-bond acceptors (Lipinski definition) is 2. The Morgan fingerprint density at radius 2 is 2.06 bits per heavy atom. The van der Waals surface area contributed by atoms with Crippen molar-refractivity contribution in [2.75, 3.05) is 11.9 Å². The molecule has 0 bridgehead atoms. The van der Waals surface area contributed by atoms with Crippen LogP contribution in [-0.4, -0.2) is 12.5 Å². The third-order valence-corrected chi connectivity index (χ3v) is 3.77. The number of carbonyl (C=O) groups is 1. The minimum Gasteiger partial charge on any atom is -0.330 e. The number of anilines is 1. The van der Waals surface area contributed by atoms with Gasteiger partial charge in [0.15, 0.2) is 0 Å². The third kappa shape index (κ3) is 4.08. The van der Waals surface area contributed by atoms with E-state index in [4.69, 9.17) is 5.73 Å². The molecule has 0 aliphatic heterocycles. The van der Waals surface area contributed by atoms with Crippen LogP contribution in [0.4, 0.5) is 5.69 Å². The zero-order valence-electron chi connectivity index (χ0n) is 9.84. The van der Waals surface area contributed by atoms with Gasteiger partial charge < -0.3 is 11.1 Å². The highest BCUT2D eigenvalue weighted by Gasteiger charge is 2.21. The van der Waals surface area contributed by atoms with Crippen LogP contribution in [0, 0.1) is 11.8 Å². The van der Waals surface area contributed by atoms with Gasteiger partial charge in [-0.05, 0) is 40.0 Å². The van der Waals surface area contributed by atoms with Gasteiger partial charge in [0.1, 0.15) is 0 Å². The lowest BCUT2D eigenvalue weighted by atomic mass is 9.95. The van der Waals surface area contributed by atoms with Crippen LogP contribution in [0.5, 0.6) is 0 Å². The highest BCUT2D eigenvalue weighted by Crippen LogP contribution is 2.27. The van der Waals surface area contributed by atoms with Gasteiger partial charge in [-0.25, -0.2) is 0 Å². The number of halogens is 2. The molecule has 94 valence electrons. The van der Waals surface area contributed by atoms with Crippen LogP contribution in [0.25, 0.3) is 0 Å². The summed E-state index contributed by atoms with van der Waals surface area (Å²) in [4.78, 5) is 12.0.